The Morgan fingerprint density at radius 2 is 1.74 bits per heavy atom. The van der Waals surface area contributed by atoms with Gasteiger partial charge in [-0.15, -0.1) is 10.2 Å². The van der Waals surface area contributed by atoms with Crippen molar-refractivity contribution in [2.24, 2.45) is 0 Å². The highest BCUT2D eigenvalue weighted by molar-refractivity contribution is 5.99. The van der Waals surface area contributed by atoms with Crippen molar-refractivity contribution in [1.29, 1.82) is 0 Å². The minimum atomic E-state index is -0.159. The van der Waals surface area contributed by atoms with E-state index in [1.54, 1.807) is 25.4 Å². The van der Waals surface area contributed by atoms with Crippen LogP contribution in [0.15, 0.2) is 59.5 Å². The number of hydrogen-bond donors (Lipinski definition) is 1. The third-order valence-corrected chi connectivity index (χ3v) is 4.67. The highest BCUT2D eigenvalue weighted by atomic mass is 16.5. The highest BCUT2D eigenvalue weighted by Gasteiger charge is 2.16. The molecule has 0 aliphatic carbocycles. The van der Waals surface area contributed by atoms with Crippen LogP contribution in [0, 0.1) is 13.8 Å². The smallest absolute Gasteiger partial charge is 0.255 e. The quantitative estimate of drug-likeness (QED) is 0.594. The molecule has 134 valence electrons. The summed E-state index contributed by atoms with van der Waals surface area (Å²) in [6.07, 6.45) is 1.62. The number of aromatic amines is 1. The maximum Gasteiger partial charge on any atom is 0.255 e. The standard InChI is InChI=1S/C22H19N3O2/c1-13-6-8-15(9-7-13)19-12-18-20(25-24-19)17(11-14(2)21(18)27-3)16-5-4-10-23-22(16)26/h4-12H,1-3H3,(H,23,26). The topological polar surface area (TPSA) is 67.9 Å². The van der Waals surface area contributed by atoms with Gasteiger partial charge in [-0.3, -0.25) is 4.79 Å². The average Bonchev–Trinajstić information content (AvgIpc) is 2.68. The van der Waals surface area contributed by atoms with E-state index in [1.807, 2.05) is 50.2 Å². The molecule has 5 heteroatoms. The van der Waals surface area contributed by atoms with Crippen LogP contribution in [0.2, 0.25) is 0 Å². The van der Waals surface area contributed by atoms with E-state index in [1.165, 1.54) is 5.56 Å². The predicted octanol–water partition coefficient (Wildman–Crippen LogP) is 4.28. The fraction of sp³-hybridized carbons (Fsp3) is 0.136. The summed E-state index contributed by atoms with van der Waals surface area (Å²) in [5.74, 6) is 0.740. The minimum Gasteiger partial charge on any atom is -0.496 e. The first kappa shape index (κ1) is 17.0. The molecule has 0 unspecified atom stereocenters. The molecule has 0 saturated heterocycles. The number of fused-ring (bicyclic) bond motifs is 1. The molecule has 0 spiro atoms. The SMILES string of the molecule is COc1c(C)cc(-c2ccc[nH]c2=O)c2nnc(-c3ccc(C)cc3)cc12. The van der Waals surface area contributed by atoms with E-state index in [0.29, 0.717) is 11.1 Å². The zero-order chi connectivity index (χ0) is 19.0. The highest BCUT2D eigenvalue weighted by Crippen LogP contribution is 2.36. The summed E-state index contributed by atoms with van der Waals surface area (Å²) in [7, 11) is 1.64. The van der Waals surface area contributed by atoms with Crippen LogP contribution in [0.5, 0.6) is 5.75 Å². The molecule has 0 aliphatic heterocycles. The first-order valence-electron chi connectivity index (χ1n) is 8.68. The van der Waals surface area contributed by atoms with E-state index in [9.17, 15) is 4.79 Å². The molecule has 5 nitrogen and oxygen atoms in total. The van der Waals surface area contributed by atoms with Crippen molar-refractivity contribution in [3.05, 3.63) is 76.2 Å². The number of aryl methyl sites for hydroxylation is 2. The number of rotatable bonds is 3. The Balaban J connectivity index is 2.02. The summed E-state index contributed by atoms with van der Waals surface area (Å²) < 4.78 is 5.64. The van der Waals surface area contributed by atoms with Crippen LogP contribution in [0.1, 0.15) is 11.1 Å². The third-order valence-electron chi connectivity index (χ3n) is 4.67. The van der Waals surface area contributed by atoms with E-state index in [0.717, 1.165) is 33.5 Å². The van der Waals surface area contributed by atoms with Gasteiger partial charge in [0.15, 0.2) is 0 Å². The number of nitrogens with zero attached hydrogens (tertiary/aromatic N) is 2. The number of hydrogen-bond acceptors (Lipinski definition) is 4. The van der Waals surface area contributed by atoms with Crippen molar-refractivity contribution in [3.8, 4) is 28.1 Å². The summed E-state index contributed by atoms with van der Waals surface area (Å²) in [6.45, 7) is 4.01. The van der Waals surface area contributed by atoms with Crippen LogP contribution in [-0.4, -0.2) is 22.3 Å². The molecule has 4 rings (SSSR count). The lowest BCUT2D eigenvalue weighted by Crippen LogP contribution is -2.08. The van der Waals surface area contributed by atoms with Gasteiger partial charge in [0.05, 0.1) is 12.8 Å². The number of benzene rings is 2. The number of nitrogens with one attached hydrogen (secondary N) is 1. The predicted molar refractivity (Wildman–Crippen MR) is 107 cm³/mol. The maximum atomic E-state index is 12.3. The van der Waals surface area contributed by atoms with Crippen LogP contribution in [0.4, 0.5) is 0 Å². The Bertz CT molecular complexity index is 1190. The molecule has 2 aromatic heterocycles. The molecule has 4 aromatic rings. The maximum absolute atomic E-state index is 12.3. The molecule has 0 radical (unpaired) electrons. The van der Waals surface area contributed by atoms with Gasteiger partial charge in [0.2, 0.25) is 0 Å². The van der Waals surface area contributed by atoms with Crippen molar-refractivity contribution < 1.29 is 4.74 Å². The van der Waals surface area contributed by atoms with E-state index in [4.69, 9.17) is 4.74 Å². The summed E-state index contributed by atoms with van der Waals surface area (Å²) in [5.41, 5.74) is 5.66. The molecule has 27 heavy (non-hydrogen) atoms. The van der Waals surface area contributed by atoms with Gasteiger partial charge >= 0.3 is 0 Å². The Hall–Kier alpha value is -3.47. The van der Waals surface area contributed by atoms with Crippen LogP contribution < -0.4 is 10.3 Å². The lowest BCUT2D eigenvalue weighted by molar-refractivity contribution is 0.416. The van der Waals surface area contributed by atoms with Gasteiger partial charge in [-0.2, -0.15) is 0 Å². The Morgan fingerprint density at radius 1 is 0.963 bits per heavy atom. The van der Waals surface area contributed by atoms with E-state index in [2.05, 4.69) is 15.2 Å². The van der Waals surface area contributed by atoms with Gasteiger partial charge in [-0.1, -0.05) is 29.8 Å². The van der Waals surface area contributed by atoms with Gasteiger partial charge in [0.1, 0.15) is 11.3 Å². The molecule has 1 N–H and O–H groups in total. The second-order valence-corrected chi connectivity index (χ2v) is 6.55. The second-order valence-electron chi connectivity index (χ2n) is 6.55. The largest absolute Gasteiger partial charge is 0.496 e. The van der Waals surface area contributed by atoms with Crippen LogP contribution in [-0.2, 0) is 0 Å². The zero-order valence-corrected chi connectivity index (χ0v) is 15.4. The fourth-order valence-corrected chi connectivity index (χ4v) is 3.30. The second kappa shape index (κ2) is 6.68. The van der Waals surface area contributed by atoms with E-state index >= 15 is 0 Å². The molecular formula is C22H19N3O2. The minimum absolute atomic E-state index is 0.159. The molecule has 2 heterocycles. The molecule has 0 bridgehead atoms. The number of methoxy groups -OCH3 is 1. The summed E-state index contributed by atoms with van der Waals surface area (Å²) in [4.78, 5) is 15.0. The van der Waals surface area contributed by atoms with Crippen LogP contribution in [0.25, 0.3) is 33.3 Å². The number of aromatic nitrogens is 3. The zero-order valence-electron chi connectivity index (χ0n) is 15.4. The van der Waals surface area contributed by atoms with Crippen LogP contribution in [0.3, 0.4) is 0 Å². The first-order chi connectivity index (χ1) is 13.1. The van der Waals surface area contributed by atoms with Crippen molar-refractivity contribution in [2.45, 2.75) is 13.8 Å². The van der Waals surface area contributed by atoms with Crippen molar-refractivity contribution >= 4 is 10.9 Å². The Kier molecular flexibility index (Phi) is 4.20. The lowest BCUT2D eigenvalue weighted by atomic mass is 9.98. The number of H-pyrrole nitrogens is 1. The average molecular weight is 357 g/mol. The van der Waals surface area contributed by atoms with E-state index in [-0.39, 0.29) is 5.56 Å². The van der Waals surface area contributed by atoms with Crippen molar-refractivity contribution in [2.75, 3.05) is 7.11 Å². The molecule has 2 aromatic carbocycles. The van der Waals surface area contributed by atoms with Gasteiger partial charge in [0.25, 0.3) is 5.56 Å². The number of pyridine rings is 1. The molecule has 0 amide bonds. The molecular weight excluding hydrogens is 338 g/mol. The monoisotopic (exact) mass is 357 g/mol. The van der Waals surface area contributed by atoms with Gasteiger partial charge in [-0.25, -0.2) is 0 Å². The lowest BCUT2D eigenvalue weighted by Gasteiger charge is -2.13. The van der Waals surface area contributed by atoms with Gasteiger partial charge in [0, 0.05) is 28.3 Å². The first-order valence-corrected chi connectivity index (χ1v) is 8.68. The van der Waals surface area contributed by atoms with Gasteiger partial charge in [-0.05, 0) is 43.7 Å². The Labute approximate surface area is 156 Å². The van der Waals surface area contributed by atoms with Crippen LogP contribution >= 0.6 is 0 Å². The molecule has 0 saturated carbocycles. The number of ether oxygens (including phenoxy) is 1. The summed E-state index contributed by atoms with van der Waals surface area (Å²) >= 11 is 0. The van der Waals surface area contributed by atoms with Gasteiger partial charge < -0.3 is 9.72 Å². The molecule has 0 fully saturated rings. The molecule has 0 aliphatic rings. The Morgan fingerprint density at radius 3 is 2.44 bits per heavy atom. The normalized spacial score (nSPS) is 10.9. The van der Waals surface area contributed by atoms with Crippen molar-refractivity contribution in [1.82, 2.24) is 15.2 Å². The van der Waals surface area contributed by atoms with E-state index < -0.39 is 0 Å². The fourth-order valence-electron chi connectivity index (χ4n) is 3.30. The third kappa shape index (κ3) is 2.97. The summed E-state index contributed by atoms with van der Waals surface area (Å²) in [6, 6.07) is 15.6. The molecule has 0 atom stereocenters. The van der Waals surface area contributed by atoms with Crippen molar-refractivity contribution in [3.63, 3.8) is 0 Å². The summed E-state index contributed by atoms with van der Waals surface area (Å²) in [5, 5.41) is 9.71.